The molecule has 0 aliphatic rings. The summed E-state index contributed by atoms with van der Waals surface area (Å²) in [7, 11) is 4.08. The van der Waals surface area contributed by atoms with E-state index in [1.807, 2.05) is 20.2 Å². The minimum atomic E-state index is 0.0286. The molecule has 2 heterocycles. The summed E-state index contributed by atoms with van der Waals surface area (Å²) in [6, 6.07) is 4.37. The van der Waals surface area contributed by atoms with E-state index in [9.17, 15) is 4.79 Å². The van der Waals surface area contributed by atoms with Gasteiger partial charge in [-0.1, -0.05) is 0 Å². The SMILES string of the molecule is CC(C)n1c(C(=O)NCCCN(C)C)cc2sccc21. The summed E-state index contributed by atoms with van der Waals surface area (Å²) >= 11 is 1.68. The Kier molecular flexibility index (Phi) is 4.83. The van der Waals surface area contributed by atoms with Crippen molar-refractivity contribution in [2.75, 3.05) is 27.2 Å². The van der Waals surface area contributed by atoms with Crippen molar-refractivity contribution in [3.05, 3.63) is 23.2 Å². The molecule has 0 spiro atoms. The molecule has 0 fully saturated rings. The van der Waals surface area contributed by atoms with Gasteiger partial charge < -0.3 is 14.8 Å². The second-order valence-corrected chi connectivity index (χ2v) is 6.52. The Hall–Kier alpha value is -1.33. The van der Waals surface area contributed by atoms with Gasteiger partial charge in [0.25, 0.3) is 5.91 Å². The highest BCUT2D eigenvalue weighted by Crippen LogP contribution is 2.28. The molecule has 0 unspecified atom stereocenters. The van der Waals surface area contributed by atoms with E-state index in [1.165, 1.54) is 4.70 Å². The summed E-state index contributed by atoms with van der Waals surface area (Å²) in [6.07, 6.45) is 0.968. The zero-order valence-electron chi connectivity index (χ0n) is 12.6. The van der Waals surface area contributed by atoms with Crippen molar-refractivity contribution in [3.8, 4) is 0 Å². The van der Waals surface area contributed by atoms with Crippen LogP contribution in [0.1, 0.15) is 36.8 Å². The van der Waals surface area contributed by atoms with E-state index in [1.54, 1.807) is 11.3 Å². The van der Waals surface area contributed by atoms with Gasteiger partial charge in [0, 0.05) is 12.6 Å². The first kappa shape index (κ1) is 15.1. The van der Waals surface area contributed by atoms with Crippen LogP contribution in [0, 0.1) is 0 Å². The van der Waals surface area contributed by atoms with Gasteiger partial charge >= 0.3 is 0 Å². The maximum Gasteiger partial charge on any atom is 0.267 e. The molecule has 1 amide bonds. The second kappa shape index (κ2) is 6.41. The maximum absolute atomic E-state index is 12.3. The van der Waals surface area contributed by atoms with Gasteiger partial charge in [-0.3, -0.25) is 4.79 Å². The molecule has 1 N–H and O–H groups in total. The van der Waals surface area contributed by atoms with Gasteiger partial charge in [0.1, 0.15) is 5.69 Å². The van der Waals surface area contributed by atoms with Crippen molar-refractivity contribution in [2.24, 2.45) is 0 Å². The first-order chi connectivity index (χ1) is 9.50. The van der Waals surface area contributed by atoms with Crippen LogP contribution in [-0.4, -0.2) is 42.6 Å². The van der Waals surface area contributed by atoms with Gasteiger partial charge in [0.15, 0.2) is 0 Å². The van der Waals surface area contributed by atoms with Crippen LogP contribution in [-0.2, 0) is 0 Å². The number of hydrogen-bond donors (Lipinski definition) is 1. The van der Waals surface area contributed by atoms with Crippen LogP contribution in [0.4, 0.5) is 0 Å². The minimum Gasteiger partial charge on any atom is -0.351 e. The highest BCUT2D eigenvalue weighted by Gasteiger charge is 2.17. The molecule has 0 atom stereocenters. The molecule has 0 aromatic carbocycles. The number of thiophene rings is 1. The number of aromatic nitrogens is 1. The highest BCUT2D eigenvalue weighted by molar-refractivity contribution is 7.17. The van der Waals surface area contributed by atoms with Crippen molar-refractivity contribution in [2.45, 2.75) is 26.3 Å². The molecule has 0 bridgehead atoms. The van der Waals surface area contributed by atoms with Crippen molar-refractivity contribution in [3.63, 3.8) is 0 Å². The third kappa shape index (κ3) is 3.22. The third-order valence-corrected chi connectivity index (χ3v) is 4.13. The molecule has 0 aliphatic carbocycles. The number of amides is 1. The van der Waals surface area contributed by atoms with Crippen LogP contribution in [0.15, 0.2) is 17.5 Å². The average molecular weight is 293 g/mol. The van der Waals surface area contributed by atoms with Gasteiger partial charge in [0.2, 0.25) is 0 Å². The Morgan fingerprint density at radius 1 is 1.45 bits per heavy atom. The molecular weight excluding hydrogens is 270 g/mol. The summed E-state index contributed by atoms with van der Waals surface area (Å²) in [6.45, 7) is 5.92. The first-order valence-corrected chi connectivity index (χ1v) is 7.90. The van der Waals surface area contributed by atoms with Crippen LogP contribution < -0.4 is 5.32 Å². The summed E-state index contributed by atoms with van der Waals surface area (Å²) in [5.41, 5.74) is 1.93. The molecule has 20 heavy (non-hydrogen) atoms. The normalized spacial score (nSPS) is 11.7. The zero-order valence-corrected chi connectivity index (χ0v) is 13.5. The largest absolute Gasteiger partial charge is 0.351 e. The van der Waals surface area contributed by atoms with E-state index in [0.29, 0.717) is 6.54 Å². The fourth-order valence-corrected chi connectivity index (χ4v) is 3.17. The molecule has 0 saturated carbocycles. The summed E-state index contributed by atoms with van der Waals surface area (Å²) in [5.74, 6) is 0.0286. The van der Waals surface area contributed by atoms with Gasteiger partial charge in [0.05, 0.1) is 10.2 Å². The number of fused-ring (bicyclic) bond motifs is 1. The van der Waals surface area contributed by atoms with Crippen molar-refractivity contribution in [1.82, 2.24) is 14.8 Å². The van der Waals surface area contributed by atoms with Crippen LogP contribution in [0.25, 0.3) is 10.2 Å². The quantitative estimate of drug-likeness (QED) is 0.831. The van der Waals surface area contributed by atoms with Gasteiger partial charge in [-0.25, -0.2) is 0 Å². The lowest BCUT2D eigenvalue weighted by Gasteiger charge is -2.14. The molecule has 0 radical (unpaired) electrons. The summed E-state index contributed by atoms with van der Waals surface area (Å²) < 4.78 is 3.30. The highest BCUT2D eigenvalue weighted by atomic mass is 32.1. The van der Waals surface area contributed by atoms with E-state index in [4.69, 9.17) is 0 Å². The Morgan fingerprint density at radius 2 is 2.20 bits per heavy atom. The van der Waals surface area contributed by atoms with Gasteiger partial charge in [-0.05, 0) is 58.4 Å². The van der Waals surface area contributed by atoms with Crippen molar-refractivity contribution < 1.29 is 4.79 Å². The molecule has 0 aliphatic heterocycles. The Labute approximate surface area is 124 Å². The predicted molar refractivity (Wildman–Crippen MR) is 85.7 cm³/mol. The summed E-state index contributed by atoms with van der Waals surface area (Å²) in [5, 5.41) is 5.09. The molecule has 4 nitrogen and oxygen atoms in total. The fourth-order valence-electron chi connectivity index (χ4n) is 2.36. The third-order valence-electron chi connectivity index (χ3n) is 3.28. The molecule has 2 rings (SSSR count). The second-order valence-electron chi connectivity index (χ2n) is 5.58. The Bertz CT molecular complexity index is 583. The van der Waals surface area contributed by atoms with Gasteiger partial charge in [-0.15, -0.1) is 11.3 Å². The number of nitrogens with one attached hydrogen (secondary N) is 1. The Morgan fingerprint density at radius 3 is 2.85 bits per heavy atom. The lowest BCUT2D eigenvalue weighted by atomic mass is 10.3. The van der Waals surface area contributed by atoms with Crippen LogP contribution in [0.3, 0.4) is 0 Å². The van der Waals surface area contributed by atoms with E-state index in [0.717, 1.165) is 24.2 Å². The topological polar surface area (TPSA) is 37.3 Å². The van der Waals surface area contributed by atoms with Crippen molar-refractivity contribution in [1.29, 1.82) is 0 Å². The molecule has 110 valence electrons. The summed E-state index contributed by atoms with van der Waals surface area (Å²) in [4.78, 5) is 14.5. The standard InChI is InChI=1S/C15H23N3OS/c1-11(2)18-12-6-9-20-14(12)10-13(18)15(19)16-7-5-8-17(3)4/h6,9-11H,5,7-8H2,1-4H3,(H,16,19). The van der Waals surface area contributed by atoms with Gasteiger partial charge in [-0.2, -0.15) is 0 Å². The predicted octanol–water partition coefficient (Wildman–Crippen LogP) is 2.97. The lowest BCUT2D eigenvalue weighted by Crippen LogP contribution is -2.29. The van der Waals surface area contributed by atoms with Crippen LogP contribution in [0.5, 0.6) is 0 Å². The average Bonchev–Trinajstić information content (AvgIpc) is 2.92. The number of carbonyl (C=O) groups excluding carboxylic acids is 1. The Balaban J connectivity index is 2.09. The molecule has 0 saturated heterocycles. The van der Waals surface area contributed by atoms with E-state index < -0.39 is 0 Å². The lowest BCUT2D eigenvalue weighted by molar-refractivity contribution is 0.0942. The fraction of sp³-hybridized carbons (Fsp3) is 0.533. The maximum atomic E-state index is 12.3. The molecule has 2 aromatic rings. The number of rotatable bonds is 6. The molecule has 5 heteroatoms. The smallest absolute Gasteiger partial charge is 0.267 e. The van der Waals surface area contributed by atoms with Crippen LogP contribution >= 0.6 is 11.3 Å². The van der Waals surface area contributed by atoms with E-state index in [2.05, 4.69) is 40.1 Å². The number of nitrogens with zero attached hydrogens (tertiary/aromatic N) is 2. The molecular formula is C15H23N3OS. The number of hydrogen-bond acceptors (Lipinski definition) is 3. The minimum absolute atomic E-state index is 0.0286. The number of carbonyl (C=O) groups is 1. The first-order valence-electron chi connectivity index (χ1n) is 7.02. The van der Waals surface area contributed by atoms with E-state index >= 15 is 0 Å². The van der Waals surface area contributed by atoms with Crippen LogP contribution in [0.2, 0.25) is 0 Å². The van der Waals surface area contributed by atoms with Crippen molar-refractivity contribution >= 4 is 27.5 Å². The molecule has 2 aromatic heterocycles. The zero-order chi connectivity index (χ0) is 14.7. The van der Waals surface area contributed by atoms with E-state index in [-0.39, 0.29) is 11.9 Å². The monoisotopic (exact) mass is 293 g/mol.